The van der Waals surface area contributed by atoms with Gasteiger partial charge in [-0.15, -0.1) is 11.6 Å². The third-order valence-corrected chi connectivity index (χ3v) is 6.87. The lowest BCUT2D eigenvalue weighted by Crippen LogP contribution is -2.28. The summed E-state index contributed by atoms with van der Waals surface area (Å²) < 4.78 is 15.4. The van der Waals surface area contributed by atoms with Crippen LogP contribution in [0.25, 0.3) is 10.9 Å². The average Bonchev–Trinajstić information content (AvgIpc) is 3.27. The van der Waals surface area contributed by atoms with Crippen molar-refractivity contribution in [3.63, 3.8) is 0 Å². The summed E-state index contributed by atoms with van der Waals surface area (Å²) in [5.41, 5.74) is 3.01. The highest BCUT2D eigenvalue weighted by Crippen LogP contribution is 2.57. The molecule has 1 saturated carbocycles. The molecule has 0 saturated heterocycles. The first kappa shape index (κ1) is 18.6. The predicted octanol–water partition coefficient (Wildman–Crippen LogP) is 3.05. The fourth-order valence-electron chi connectivity index (χ4n) is 4.63. The van der Waals surface area contributed by atoms with Crippen LogP contribution in [0.2, 0.25) is 0 Å². The monoisotopic (exact) mass is 417 g/mol. The minimum Gasteiger partial charge on any atom is -0.477 e. The molecule has 0 spiro atoms. The molecule has 3 aliphatic rings. The highest BCUT2D eigenvalue weighted by Gasteiger charge is 2.47. The Balaban J connectivity index is 1.69. The van der Waals surface area contributed by atoms with Gasteiger partial charge in [-0.2, -0.15) is 0 Å². The van der Waals surface area contributed by atoms with Crippen LogP contribution in [-0.4, -0.2) is 54.2 Å². The number of hydrogen-bond acceptors (Lipinski definition) is 4. The summed E-state index contributed by atoms with van der Waals surface area (Å²) in [6, 6.07) is 1.16. The van der Waals surface area contributed by atoms with Gasteiger partial charge in [0.15, 0.2) is 0 Å². The van der Waals surface area contributed by atoms with Gasteiger partial charge in [0, 0.05) is 43.3 Å². The quantitative estimate of drug-likeness (QED) is 0.593. The van der Waals surface area contributed by atoms with E-state index in [1.807, 2.05) is 4.90 Å². The number of carboxylic acids is 1. The number of aromatic nitrogens is 1. The number of alkyl halides is 1. The zero-order valence-corrected chi connectivity index (χ0v) is 16.8. The Morgan fingerprint density at radius 1 is 1.28 bits per heavy atom. The first-order valence-electron chi connectivity index (χ1n) is 9.72. The number of aromatic carboxylic acids is 1. The van der Waals surface area contributed by atoms with Gasteiger partial charge < -0.3 is 19.9 Å². The van der Waals surface area contributed by atoms with Gasteiger partial charge in [-0.3, -0.25) is 4.79 Å². The molecule has 0 radical (unpaired) electrons. The molecular formula is C21H21ClFN3O3. The molecule has 1 aliphatic carbocycles. The number of benzene rings is 1. The van der Waals surface area contributed by atoms with Crippen LogP contribution in [0.4, 0.5) is 10.1 Å². The molecule has 29 heavy (non-hydrogen) atoms. The van der Waals surface area contributed by atoms with Gasteiger partial charge in [0.05, 0.1) is 16.1 Å². The number of aromatic amines is 1. The first-order valence-corrected chi connectivity index (χ1v) is 10.1. The van der Waals surface area contributed by atoms with Crippen molar-refractivity contribution in [1.29, 1.82) is 0 Å². The van der Waals surface area contributed by atoms with Gasteiger partial charge in [0.1, 0.15) is 11.4 Å². The van der Waals surface area contributed by atoms with E-state index in [0.29, 0.717) is 42.7 Å². The number of H-pyrrole nitrogens is 1. The zero-order chi connectivity index (χ0) is 20.5. The molecule has 1 fully saturated rings. The molecule has 3 heterocycles. The van der Waals surface area contributed by atoms with Crippen molar-refractivity contribution in [2.45, 2.75) is 24.1 Å². The van der Waals surface area contributed by atoms with E-state index < -0.39 is 27.7 Å². The summed E-state index contributed by atoms with van der Waals surface area (Å²) in [6.45, 7) is 3.16. The molecule has 0 unspecified atom stereocenters. The molecule has 152 valence electrons. The Kier molecular flexibility index (Phi) is 4.05. The molecule has 1 aromatic heterocycles. The third-order valence-electron chi connectivity index (χ3n) is 6.31. The van der Waals surface area contributed by atoms with Gasteiger partial charge in [0.2, 0.25) is 5.43 Å². The summed E-state index contributed by atoms with van der Waals surface area (Å²) in [5, 5.41) is 9.28. The van der Waals surface area contributed by atoms with Gasteiger partial charge in [-0.05, 0) is 43.5 Å². The fourth-order valence-corrected chi connectivity index (χ4v) is 4.91. The second-order valence-electron chi connectivity index (χ2n) is 8.36. The van der Waals surface area contributed by atoms with E-state index >= 15 is 4.39 Å². The van der Waals surface area contributed by atoms with Crippen molar-refractivity contribution < 1.29 is 14.3 Å². The minimum atomic E-state index is -1.34. The van der Waals surface area contributed by atoms with Crippen LogP contribution in [0.5, 0.6) is 0 Å². The molecular weight excluding hydrogens is 397 g/mol. The SMILES string of the molecule is CN1CCC2=C(C1)CN(c1c(F)cc3c(=O)c(C(=O)O)c[nH]c3c1C1(Cl)CC1)C2. The lowest BCUT2D eigenvalue weighted by molar-refractivity contribution is 0.0695. The second kappa shape index (κ2) is 6.31. The fraction of sp³-hybridized carbons (Fsp3) is 0.429. The molecule has 2 N–H and O–H groups in total. The van der Waals surface area contributed by atoms with Crippen LogP contribution in [0.1, 0.15) is 35.2 Å². The molecule has 2 aromatic rings. The lowest BCUT2D eigenvalue weighted by atomic mass is 9.99. The number of carboxylic acid groups (broad SMARTS) is 1. The molecule has 6 nitrogen and oxygen atoms in total. The van der Waals surface area contributed by atoms with E-state index in [1.54, 1.807) is 0 Å². The van der Waals surface area contributed by atoms with Gasteiger partial charge in [0.25, 0.3) is 0 Å². The zero-order valence-electron chi connectivity index (χ0n) is 16.0. The van der Waals surface area contributed by atoms with E-state index in [2.05, 4.69) is 16.9 Å². The number of hydrogen-bond donors (Lipinski definition) is 2. The maximum absolute atomic E-state index is 15.4. The Labute approximate surface area is 171 Å². The van der Waals surface area contributed by atoms with Crippen LogP contribution >= 0.6 is 11.6 Å². The number of pyridine rings is 1. The Bertz CT molecular complexity index is 1150. The number of carbonyl (C=O) groups is 1. The third kappa shape index (κ3) is 2.87. The number of rotatable bonds is 3. The van der Waals surface area contributed by atoms with Crippen LogP contribution in [-0.2, 0) is 4.87 Å². The topological polar surface area (TPSA) is 76.6 Å². The summed E-state index contributed by atoms with van der Waals surface area (Å²) in [4.78, 5) is 30.5. The summed E-state index contributed by atoms with van der Waals surface area (Å²) >= 11 is 6.78. The van der Waals surface area contributed by atoms with E-state index in [4.69, 9.17) is 11.6 Å². The lowest BCUT2D eigenvalue weighted by Gasteiger charge is -2.26. The molecule has 0 atom stereocenters. The minimum absolute atomic E-state index is 0.0322. The maximum Gasteiger partial charge on any atom is 0.341 e. The molecule has 1 aromatic carbocycles. The number of likely N-dealkylation sites (N-methyl/N-ethyl adjacent to an activating group) is 1. The summed E-state index contributed by atoms with van der Waals surface area (Å²) in [5.74, 6) is -1.87. The van der Waals surface area contributed by atoms with Crippen LogP contribution in [0.3, 0.4) is 0 Å². The average molecular weight is 418 g/mol. The molecule has 8 heteroatoms. The Hall–Kier alpha value is -2.38. The highest BCUT2D eigenvalue weighted by molar-refractivity contribution is 6.27. The first-order chi connectivity index (χ1) is 13.8. The van der Waals surface area contributed by atoms with Crippen molar-refractivity contribution in [3.8, 4) is 0 Å². The van der Waals surface area contributed by atoms with Crippen molar-refractivity contribution in [2.75, 3.05) is 38.1 Å². The number of fused-ring (bicyclic) bond motifs is 1. The molecule has 0 bridgehead atoms. The number of nitrogens with one attached hydrogen (secondary N) is 1. The van der Waals surface area contributed by atoms with Gasteiger partial charge >= 0.3 is 5.97 Å². The van der Waals surface area contributed by atoms with E-state index in [9.17, 15) is 14.7 Å². The summed E-state index contributed by atoms with van der Waals surface area (Å²) in [7, 11) is 2.08. The van der Waals surface area contributed by atoms with Crippen LogP contribution in [0.15, 0.2) is 28.2 Å². The number of anilines is 1. The summed E-state index contributed by atoms with van der Waals surface area (Å²) in [6.07, 6.45) is 3.53. The maximum atomic E-state index is 15.4. The van der Waals surface area contributed by atoms with Crippen molar-refractivity contribution in [1.82, 2.24) is 9.88 Å². The Morgan fingerprint density at radius 3 is 2.69 bits per heavy atom. The molecule has 2 aliphatic heterocycles. The van der Waals surface area contributed by atoms with Crippen molar-refractivity contribution in [3.05, 3.63) is 50.6 Å². The smallest absolute Gasteiger partial charge is 0.341 e. The van der Waals surface area contributed by atoms with Crippen LogP contribution in [0, 0.1) is 5.82 Å². The Morgan fingerprint density at radius 2 is 2.00 bits per heavy atom. The van der Waals surface area contributed by atoms with Crippen molar-refractivity contribution >= 4 is 34.2 Å². The van der Waals surface area contributed by atoms with Crippen LogP contribution < -0.4 is 10.3 Å². The van der Waals surface area contributed by atoms with Crippen molar-refractivity contribution in [2.24, 2.45) is 0 Å². The van der Waals surface area contributed by atoms with E-state index in [1.165, 1.54) is 17.3 Å². The highest BCUT2D eigenvalue weighted by atomic mass is 35.5. The second-order valence-corrected chi connectivity index (χ2v) is 9.08. The predicted molar refractivity (Wildman–Crippen MR) is 110 cm³/mol. The number of nitrogens with zero attached hydrogens (tertiary/aromatic N) is 2. The number of halogens is 2. The van der Waals surface area contributed by atoms with E-state index in [-0.39, 0.29) is 5.39 Å². The molecule has 0 amide bonds. The normalized spacial score (nSPS) is 21.0. The van der Waals surface area contributed by atoms with Gasteiger partial charge in [-0.25, -0.2) is 9.18 Å². The molecule has 5 rings (SSSR count). The standard InChI is InChI=1S/C21H21ClFN3O3/c1-25-5-2-11-9-26(10-12(11)8-25)18-15(23)6-13-17(16(18)21(22)3-4-21)24-7-14(19(13)27)20(28)29/h6-7H,2-5,8-10H2,1H3,(H,24,27)(H,28,29). The largest absolute Gasteiger partial charge is 0.477 e. The van der Waals surface area contributed by atoms with E-state index in [0.717, 1.165) is 25.6 Å². The van der Waals surface area contributed by atoms with Gasteiger partial charge in [-0.1, -0.05) is 0 Å².